The lowest BCUT2D eigenvalue weighted by Crippen LogP contribution is -2.45. The van der Waals surface area contributed by atoms with Gasteiger partial charge < -0.3 is 15.3 Å². The van der Waals surface area contributed by atoms with Gasteiger partial charge in [0, 0.05) is 18.0 Å². The molecule has 1 aromatic heterocycles. The summed E-state index contributed by atoms with van der Waals surface area (Å²) in [6.07, 6.45) is 1.07. The maximum Gasteiger partial charge on any atom is 0.317 e. The molecule has 19 heavy (non-hydrogen) atoms. The van der Waals surface area contributed by atoms with Crippen LogP contribution < -0.4 is 5.32 Å². The average Bonchev–Trinajstić information content (AvgIpc) is 2.82. The number of carboxylic acid groups (broad SMARTS) is 1. The van der Waals surface area contributed by atoms with Crippen LogP contribution in [-0.2, 0) is 11.3 Å². The Morgan fingerprint density at radius 3 is 2.63 bits per heavy atom. The Bertz CT molecular complexity index is 469. The van der Waals surface area contributed by atoms with E-state index < -0.39 is 5.97 Å². The molecule has 5 nitrogen and oxygen atoms in total. The topological polar surface area (TPSA) is 69.6 Å². The van der Waals surface area contributed by atoms with E-state index in [1.807, 2.05) is 12.1 Å². The molecule has 0 radical (unpaired) electrons. The number of halogens is 1. The Morgan fingerprint density at radius 1 is 1.42 bits per heavy atom. The van der Waals surface area contributed by atoms with Crippen molar-refractivity contribution in [2.45, 2.75) is 19.4 Å². The van der Waals surface area contributed by atoms with Gasteiger partial charge in [-0.25, -0.2) is 4.79 Å². The number of urea groups is 1. The molecule has 0 aliphatic carbocycles. The zero-order chi connectivity index (χ0) is 13.8. The van der Waals surface area contributed by atoms with Gasteiger partial charge in [0.2, 0.25) is 0 Å². The summed E-state index contributed by atoms with van der Waals surface area (Å²) in [4.78, 5) is 25.5. The predicted molar refractivity (Wildman–Crippen MR) is 76.2 cm³/mol. The first-order valence-electron chi connectivity index (χ1n) is 6.06. The summed E-state index contributed by atoms with van der Waals surface area (Å²) < 4.78 is 1.04. The molecule has 1 fully saturated rings. The number of carbonyl (C=O) groups excluding carboxylic acids is 1. The molecule has 104 valence electrons. The minimum atomic E-state index is -0.761. The van der Waals surface area contributed by atoms with Gasteiger partial charge in [0.05, 0.1) is 16.2 Å². The first-order chi connectivity index (χ1) is 9.06. The number of hydrogen-bond acceptors (Lipinski definition) is 3. The summed E-state index contributed by atoms with van der Waals surface area (Å²) in [6.45, 7) is 1.53. The zero-order valence-corrected chi connectivity index (χ0v) is 12.7. The molecule has 7 heteroatoms. The van der Waals surface area contributed by atoms with E-state index in [9.17, 15) is 9.59 Å². The highest BCUT2D eigenvalue weighted by Crippen LogP contribution is 2.22. The van der Waals surface area contributed by atoms with Gasteiger partial charge >= 0.3 is 12.0 Å². The second kappa shape index (κ2) is 6.38. The highest BCUT2D eigenvalue weighted by atomic mass is 79.9. The van der Waals surface area contributed by atoms with E-state index in [0.717, 1.165) is 8.66 Å². The van der Waals surface area contributed by atoms with Gasteiger partial charge in [0.1, 0.15) is 0 Å². The van der Waals surface area contributed by atoms with Crippen molar-refractivity contribution in [1.82, 2.24) is 10.2 Å². The fourth-order valence-electron chi connectivity index (χ4n) is 2.05. The van der Waals surface area contributed by atoms with E-state index in [1.54, 1.807) is 16.2 Å². The highest BCUT2D eigenvalue weighted by molar-refractivity contribution is 9.11. The van der Waals surface area contributed by atoms with E-state index in [2.05, 4.69) is 21.2 Å². The Labute approximate surface area is 123 Å². The standard InChI is InChI=1S/C12H15BrN2O3S/c13-10-2-1-9(19-10)7-14-12(18)15-5-3-8(4-6-15)11(16)17/h1-2,8H,3-7H2,(H,14,18)(H,16,17). The monoisotopic (exact) mass is 346 g/mol. The summed E-state index contributed by atoms with van der Waals surface area (Å²) in [7, 11) is 0. The third-order valence-corrected chi connectivity index (χ3v) is 4.80. The number of piperidine rings is 1. The number of hydrogen-bond donors (Lipinski definition) is 2. The van der Waals surface area contributed by atoms with Gasteiger partial charge in [0.15, 0.2) is 0 Å². The zero-order valence-electron chi connectivity index (χ0n) is 10.3. The fourth-order valence-corrected chi connectivity index (χ4v) is 3.47. The van der Waals surface area contributed by atoms with Crippen LogP contribution in [-0.4, -0.2) is 35.1 Å². The van der Waals surface area contributed by atoms with E-state index in [1.165, 1.54) is 0 Å². The van der Waals surface area contributed by atoms with Crippen LogP contribution in [0.2, 0.25) is 0 Å². The molecule has 0 bridgehead atoms. The Balaban J connectivity index is 1.77. The highest BCUT2D eigenvalue weighted by Gasteiger charge is 2.26. The van der Waals surface area contributed by atoms with Crippen molar-refractivity contribution in [3.63, 3.8) is 0 Å². The molecule has 0 saturated carbocycles. The normalized spacial score (nSPS) is 16.4. The average molecular weight is 347 g/mol. The third kappa shape index (κ3) is 3.94. The van der Waals surface area contributed by atoms with Crippen molar-refractivity contribution in [2.75, 3.05) is 13.1 Å². The maximum absolute atomic E-state index is 11.9. The van der Waals surface area contributed by atoms with Gasteiger partial charge in [0.25, 0.3) is 0 Å². The van der Waals surface area contributed by atoms with Crippen molar-refractivity contribution in [3.8, 4) is 0 Å². The van der Waals surface area contributed by atoms with Crippen molar-refractivity contribution in [3.05, 3.63) is 20.8 Å². The molecule has 1 saturated heterocycles. The number of carbonyl (C=O) groups is 2. The third-order valence-electron chi connectivity index (χ3n) is 3.17. The quantitative estimate of drug-likeness (QED) is 0.883. The molecule has 0 unspecified atom stereocenters. The number of thiophene rings is 1. The second-order valence-electron chi connectivity index (χ2n) is 4.46. The molecule has 0 aromatic carbocycles. The lowest BCUT2D eigenvalue weighted by atomic mass is 9.97. The molecule has 1 aromatic rings. The van der Waals surface area contributed by atoms with Crippen LogP contribution in [0.15, 0.2) is 15.9 Å². The Hall–Kier alpha value is -1.08. The van der Waals surface area contributed by atoms with Crippen molar-refractivity contribution < 1.29 is 14.7 Å². The van der Waals surface area contributed by atoms with Crippen LogP contribution in [0.25, 0.3) is 0 Å². The van der Waals surface area contributed by atoms with Crippen LogP contribution in [0.4, 0.5) is 4.79 Å². The lowest BCUT2D eigenvalue weighted by molar-refractivity contribution is -0.143. The van der Waals surface area contributed by atoms with Gasteiger partial charge in [-0.2, -0.15) is 0 Å². The molecule has 1 aliphatic rings. The summed E-state index contributed by atoms with van der Waals surface area (Å²) in [6, 6.07) is 3.80. The summed E-state index contributed by atoms with van der Waals surface area (Å²) in [5.74, 6) is -1.07. The van der Waals surface area contributed by atoms with Crippen LogP contribution in [0.1, 0.15) is 17.7 Å². The number of nitrogens with one attached hydrogen (secondary N) is 1. The molecular weight excluding hydrogens is 332 g/mol. The van der Waals surface area contributed by atoms with Crippen molar-refractivity contribution >= 4 is 39.3 Å². The minimum Gasteiger partial charge on any atom is -0.481 e. The molecule has 2 rings (SSSR count). The predicted octanol–water partition coefficient (Wildman–Crippen LogP) is 2.52. The van der Waals surface area contributed by atoms with E-state index in [-0.39, 0.29) is 11.9 Å². The number of carboxylic acids is 1. The van der Waals surface area contributed by atoms with Crippen LogP contribution >= 0.6 is 27.3 Å². The first-order valence-corrected chi connectivity index (χ1v) is 7.67. The minimum absolute atomic E-state index is 0.117. The molecule has 2 N–H and O–H groups in total. The number of nitrogens with zero attached hydrogens (tertiary/aromatic N) is 1. The molecule has 2 amide bonds. The molecule has 0 atom stereocenters. The number of amides is 2. The van der Waals surface area contributed by atoms with Gasteiger partial charge in [-0.1, -0.05) is 0 Å². The SMILES string of the molecule is O=C(O)C1CCN(C(=O)NCc2ccc(Br)s2)CC1. The molecule has 0 spiro atoms. The lowest BCUT2D eigenvalue weighted by Gasteiger charge is -2.30. The molecular formula is C12H15BrN2O3S. The largest absolute Gasteiger partial charge is 0.481 e. The van der Waals surface area contributed by atoms with Gasteiger partial charge in [-0.15, -0.1) is 11.3 Å². The van der Waals surface area contributed by atoms with Crippen molar-refractivity contribution in [2.24, 2.45) is 5.92 Å². The van der Waals surface area contributed by atoms with E-state index >= 15 is 0 Å². The second-order valence-corrected chi connectivity index (χ2v) is 7.01. The van der Waals surface area contributed by atoms with Crippen LogP contribution in [0.5, 0.6) is 0 Å². The summed E-state index contributed by atoms with van der Waals surface area (Å²) in [5, 5.41) is 11.8. The smallest absolute Gasteiger partial charge is 0.317 e. The summed E-state index contributed by atoms with van der Waals surface area (Å²) in [5.41, 5.74) is 0. The summed E-state index contributed by atoms with van der Waals surface area (Å²) >= 11 is 4.96. The molecule has 2 heterocycles. The Kier molecular flexibility index (Phi) is 4.81. The molecule has 1 aliphatic heterocycles. The maximum atomic E-state index is 11.9. The number of aliphatic carboxylic acids is 1. The van der Waals surface area contributed by atoms with Crippen LogP contribution in [0, 0.1) is 5.92 Å². The Morgan fingerprint density at radius 2 is 2.11 bits per heavy atom. The number of rotatable bonds is 3. The fraction of sp³-hybridized carbons (Fsp3) is 0.500. The number of likely N-dealkylation sites (tertiary alicyclic amines) is 1. The van der Waals surface area contributed by atoms with E-state index in [0.29, 0.717) is 32.5 Å². The van der Waals surface area contributed by atoms with Crippen molar-refractivity contribution in [1.29, 1.82) is 0 Å². The van der Waals surface area contributed by atoms with Gasteiger partial charge in [-0.05, 0) is 40.9 Å². The first kappa shape index (κ1) is 14.3. The van der Waals surface area contributed by atoms with Gasteiger partial charge in [-0.3, -0.25) is 4.79 Å². The van der Waals surface area contributed by atoms with Crippen LogP contribution in [0.3, 0.4) is 0 Å². The van der Waals surface area contributed by atoms with E-state index in [4.69, 9.17) is 5.11 Å².